The van der Waals surface area contributed by atoms with Crippen LogP contribution in [0, 0.1) is 5.92 Å². The van der Waals surface area contributed by atoms with Crippen molar-refractivity contribution in [1.29, 1.82) is 0 Å². The second-order valence-electron chi connectivity index (χ2n) is 5.51. The summed E-state index contributed by atoms with van der Waals surface area (Å²) in [4.78, 5) is 3.92. The Morgan fingerprint density at radius 1 is 1.47 bits per heavy atom. The third-order valence-electron chi connectivity index (χ3n) is 3.56. The molecule has 0 saturated carbocycles. The van der Waals surface area contributed by atoms with Gasteiger partial charge in [-0.15, -0.1) is 11.3 Å². The lowest BCUT2D eigenvalue weighted by Gasteiger charge is -2.34. The summed E-state index contributed by atoms with van der Waals surface area (Å²) in [6.45, 7) is 7.06. The van der Waals surface area contributed by atoms with Gasteiger partial charge in [0.25, 0.3) is 0 Å². The molecule has 0 aromatic carbocycles. The average Bonchev–Trinajstić information content (AvgIpc) is 2.78. The zero-order chi connectivity index (χ0) is 12.3. The Hall–Kier alpha value is -0.380. The minimum atomic E-state index is 0.520. The summed E-state index contributed by atoms with van der Waals surface area (Å²) in [6.07, 6.45) is 2.64. The van der Waals surface area contributed by atoms with Crippen LogP contribution in [0.4, 0.5) is 0 Å². The highest BCUT2D eigenvalue weighted by molar-refractivity contribution is 7.10. The summed E-state index contributed by atoms with van der Waals surface area (Å²) < 4.78 is 0. The number of hydrogen-bond acceptors (Lipinski definition) is 3. The van der Waals surface area contributed by atoms with Crippen LogP contribution in [-0.2, 0) is 0 Å². The molecule has 2 unspecified atom stereocenters. The Morgan fingerprint density at radius 3 is 2.88 bits per heavy atom. The van der Waals surface area contributed by atoms with Crippen molar-refractivity contribution in [2.75, 3.05) is 20.1 Å². The molecule has 96 valence electrons. The van der Waals surface area contributed by atoms with Crippen LogP contribution in [0.3, 0.4) is 0 Å². The molecular weight excluding hydrogens is 228 g/mol. The van der Waals surface area contributed by atoms with Crippen LogP contribution in [0.2, 0.25) is 0 Å². The van der Waals surface area contributed by atoms with Gasteiger partial charge < -0.3 is 10.2 Å². The van der Waals surface area contributed by atoms with Crippen LogP contribution >= 0.6 is 11.3 Å². The fourth-order valence-corrected chi connectivity index (χ4v) is 3.59. The maximum Gasteiger partial charge on any atom is 0.0440 e. The monoisotopic (exact) mass is 252 g/mol. The van der Waals surface area contributed by atoms with Gasteiger partial charge in [-0.25, -0.2) is 0 Å². The predicted octanol–water partition coefficient (Wildman–Crippen LogP) is 3.13. The van der Waals surface area contributed by atoms with E-state index in [2.05, 4.69) is 48.6 Å². The van der Waals surface area contributed by atoms with E-state index in [0.717, 1.165) is 0 Å². The summed E-state index contributed by atoms with van der Waals surface area (Å²) >= 11 is 1.87. The highest BCUT2D eigenvalue weighted by atomic mass is 32.1. The van der Waals surface area contributed by atoms with Crippen molar-refractivity contribution in [2.45, 2.75) is 38.8 Å². The van der Waals surface area contributed by atoms with Gasteiger partial charge in [-0.3, -0.25) is 0 Å². The molecule has 1 aromatic rings. The summed E-state index contributed by atoms with van der Waals surface area (Å²) in [7, 11) is 2.23. The maximum atomic E-state index is 3.86. The first kappa shape index (κ1) is 13.1. The maximum absolute atomic E-state index is 3.86. The lowest BCUT2D eigenvalue weighted by molar-refractivity contribution is 0.206. The molecule has 1 saturated heterocycles. The van der Waals surface area contributed by atoms with Crippen molar-refractivity contribution in [3.8, 4) is 0 Å². The number of likely N-dealkylation sites (tertiary alicyclic amines) is 1. The summed E-state index contributed by atoms with van der Waals surface area (Å²) in [6, 6.07) is 5.59. The lowest BCUT2D eigenvalue weighted by Crippen LogP contribution is -2.46. The molecule has 1 fully saturated rings. The molecule has 2 heterocycles. The molecule has 2 atom stereocenters. The largest absolute Gasteiger partial charge is 0.305 e. The number of likely N-dealkylation sites (N-methyl/N-ethyl adjacent to an activating group) is 1. The number of nitrogens with zero attached hydrogens (tertiary/aromatic N) is 1. The molecule has 3 heteroatoms. The second-order valence-corrected chi connectivity index (χ2v) is 6.48. The Bertz CT molecular complexity index is 321. The zero-order valence-electron chi connectivity index (χ0n) is 11.1. The SMILES string of the molecule is CC(C)C(NC1CCCN(C)C1)c1cccs1. The van der Waals surface area contributed by atoms with Gasteiger partial charge in [0.1, 0.15) is 0 Å². The average molecular weight is 252 g/mol. The Kier molecular flexibility index (Phi) is 4.60. The van der Waals surface area contributed by atoms with Crippen molar-refractivity contribution in [1.82, 2.24) is 10.2 Å². The van der Waals surface area contributed by atoms with Gasteiger partial charge in [0, 0.05) is 23.5 Å². The van der Waals surface area contributed by atoms with Gasteiger partial charge >= 0.3 is 0 Å². The van der Waals surface area contributed by atoms with Crippen LogP contribution in [0.1, 0.15) is 37.6 Å². The molecule has 0 amide bonds. The topological polar surface area (TPSA) is 15.3 Å². The third kappa shape index (κ3) is 3.54. The minimum Gasteiger partial charge on any atom is -0.305 e. The first-order valence-electron chi connectivity index (χ1n) is 6.65. The molecule has 1 aliphatic rings. The zero-order valence-corrected chi connectivity index (χ0v) is 12.0. The van der Waals surface area contributed by atoms with Gasteiger partial charge in [0.05, 0.1) is 0 Å². The van der Waals surface area contributed by atoms with Crippen LogP contribution in [0.15, 0.2) is 17.5 Å². The van der Waals surface area contributed by atoms with Crippen molar-refractivity contribution in [3.05, 3.63) is 22.4 Å². The van der Waals surface area contributed by atoms with Crippen LogP contribution < -0.4 is 5.32 Å². The Labute approximate surface area is 109 Å². The van der Waals surface area contributed by atoms with E-state index in [1.54, 1.807) is 0 Å². The summed E-state index contributed by atoms with van der Waals surface area (Å²) in [5.41, 5.74) is 0. The molecule has 0 spiro atoms. The van der Waals surface area contributed by atoms with Crippen LogP contribution in [-0.4, -0.2) is 31.1 Å². The molecule has 1 N–H and O–H groups in total. The van der Waals surface area contributed by atoms with E-state index in [9.17, 15) is 0 Å². The van der Waals surface area contributed by atoms with Crippen LogP contribution in [0.25, 0.3) is 0 Å². The van der Waals surface area contributed by atoms with Gasteiger partial charge in [0.15, 0.2) is 0 Å². The molecule has 2 nitrogen and oxygen atoms in total. The molecule has 2 rings (SSSR count). The smallest absolute Gasteiger partial charge is 0.0440 e. The summed E-state index contributed by atoms with van der Waals surface area (Å²) in [5.74, 6) is 0.654. The van der Waals surface area contributed by atoms with Crippen molar-refractivity contribution in [3.63, 3.8) is 0 Å². The molecule has 0 radical (unpaired) electrons. The van der Waals surface area contributed by atoms with Crippen LogP contribution in [0.5, 0.6) is 0 Å². The van der Waals surface area contributed by atoms with Gasteiger partial charge in [0.2, 0.25) is 0 Å². The van der Waals surface area contributed by atoms with Crippen molar-refractivity contribution in [2.24, 2.45) is 5.92 Å². The highest BCUT2D eigenvalue weighted by Crippen LogP contribution is 2.27. The highest BCUT2D eigenvalue weighted by Gasteiger charge is 2.23. The van der Waals surface area contributed by atoms with E-state index in [0.29, 0.717) is 18.0 Å². The number of nitrogens with one attached hydrogen (secondary N) is 1. The fraction of sp³-hybridized carbons (Fsp3) is 0.714. The number of piperidine rings is 1. The lowest BCUT2D eigenvalue weighted by atomic mass is 9.99. The van der Waals surface area contributed by atoms with E-state index in [-0.39, 0.29) is 0 Å². The van der Waals surface area contributed by atoms with E-state index < -0.39 is 0 Å². The number of thiophene rings is 1. The Morgan fingerprint density at radius 2 is 2.29 bits per heavy atom. The van der Waals surface area contributed by atoms with Crippen molar-refractivity contribution >= 4 is 11.3 Å². The molecule has 0 aliphatic carbocycles. The third-order valence-corrected chi connectivity index (χ3v) is 4.51. The quantitative estimate of drug-likeness (QED) is 0.885. The fourth-order valence-electron chi connectivity index (χ4n) is 2.63. The van der Waals surface area contributed by atoms with E-state index in [4.69, 9.17) is 0 Å². The summed E-state index contributed by atoms with van der Waals surface area (Å²) in [5, 5.41) is 6.04. The minimum absolute atomic E-state index is 0.520. The molecule has 1 aromatic heterocycles. The number of rotatable bonds is 4. The van der Waals surface area contributed by atoms with E-state index in [1.807, 2.05) is 11.3 Å². The van der Waals surface area contributed by atoms with Gasteiger partial charge in [-0.05, 0) is 43.8 Å². The molecular formula is C14H24N2S. The normalized spacial score (nSPS) is 24.1. The van der Waals surface area contributed by atoms with Gasteiger partial charge in [-0.2, -0.15) is 0 Å². The number of hydrogen-bond donors (Lipinski definition) is 1. The Balaban J connectivity index is 1.98. The van der Waals surface area contributed by atoms with Crippen molar-refractivity contribution < 1.29 is 0 Å². The van der Waals surface area contributed by atoms with E-state index in [1.165, 1.54) is 30.8 Å². The first-order chi connectivity index (χ1) is 8.16. The molecule has 1 aliphatic heterocycles. The first-order valence-corrected chi connectivity index (χ1v) is 7.53. The molecule has 0 bridgehead atoms. The van der Waals surface area contributed by atoms with E-state index >= 15 is 0 Å². The predicted molar refractivity (Wildman–Crippen MR) is 75.6 cm³/mol. The van der Waals surface area contributed by atoms with Gasteiger partial charge in [-0.1, -0.05) is 19.9 Å². The second kappa shape index (κ2) is 5.98. The standard InChI is InChI=1S/C14H24N2S/c1-11(2)14(13-7-5-9-17-13)15-12-6-4-8-16(3)10-12/h5,7,9,11-12,14-15H,4,6,8,10H2,1-3H3. The molecule has 17 heavy (non-hydrogen) atoms.